The van der Waals surface area contributed by atoms with Crippen molar-refractivity contribution in [1.29, 1.82) is 0 Å². The smallest absolute Gasteiger partial charge is 0.328 e. The third-order valence-electron chi connectivity index (χ3n) is 5.75. The summed E-state index contributed by atoms with van der Waals surface area (Å²) in [5.74, 6) is -1.11. The van der Waals surface area contributed by atoms with Crippen LogP contribution in [-0.4, -0.2) is 45.9 Å². The molecular weight excluding hydrogens is 412 g/mol. The van der Waals surface area contributed by atoms with E-state index in [4.69, 9.17) is 9.16 Å². The molecule has 1 aromatic carbocycles. The molecule has 1 rings (SSSR count). The van der Waals surface area contributed by atoms with Gasteiger partial charge in [-0.3, -0.25) is 9.59 Å². The average Bonchev–Trinajstić information content (AvgIpc) is 2.70. The van der Waals surface area contributed by atoms with Gasteiger partial charge in [-0.15, -0.1) is 0 Å². The summed E-state index contributed by atoms with van der Waals surface area (Å²) in [6, 6.07) is 8.66. The summed E-state index contributed by atoms with van der Waals surface area (Å²) in [6.45, 7) is 12.9. The van der Waals surface area contributed by atoms with Gasteiger partial charge in [0.25, 0.3) is 0 Å². The Balaban J connectivity index is 2.50. The third-order valence-corrected chi connectivity index (χ3v) is 10.3. The van der Waals surface area contributed by atoms with Crippen LogP contribution in [0.3, 0.4) is 0 Å². The normalized spacial score (nSPS) is 13.8. The third kappa shape index (κ3) is 9.22. The van der Waals surface area contributed by atoms with Gasteiger partial charge in [0.05, 0.1) is 13.2 Å². The van der Waals surface area contributed by atoms with E-state index in [1.165, 1.54) is 7.11 Å². The predicted octanol–water partition coefficient (Wildman–Crippen LogP) is 3.71. The van der Waals surface area contributed by atoms with Crippen LogP contribution in [0.2, 0.25) is 18.1 Å². The number of esters is 1. The van der Waals surface area contributed by atoms with Gasteiger partial charge in [0.1, 0.15) is 6.04 Å². The van der Waals surface area contributed by atoms with Crippen LogP contribution < -0.4 is 10.6 Å². The number of benzene rings is 1. The molecule has 174 valence electrons. The minimum atomic E-state index is -1.95. The van der Waals surface area contributed by atoms with Gasteiger partial charge in [0, 0.05) is 25.9 Å². The molecule has 2 atom stereocenters. The Morgan fingerprint density at radius 3 is 2.06 bits per heavy atom. The Bertz CT molecular complexity index is 731. The van der Waals surface area contributed by atoms with Crippen LogP contribution in [-0.2, 0) is 23.5 Å². The summed E-state index contributed by atoms with van der Waals surface area (Å²) in [7, 11) is -0.662. The Labute approximate surface area is 187 Å². The highest BCUT2D eigenvalue weighted by Crippen LogP contribution is 2.36. The number of rotatable bonds is 11. The molecule has 31 heavy (non-hydrogen) atoms. The Hall–Kier alpha value is -2.19. The van der Waals surface area contributed by atoms with Crippen molar-refractivity contribution in [1.82, 2.24) is 10.6 Å². The second-order valence-corrected chi connectivity index (χ2v) is 14.0. The number of carbonyl (C=O) groups excluding carboxylic acids is 3. The topological polar surface area (TPSA) is 93.7 Å². The number of methoxy groups -OCH3 is 1. The van der Waals surface area contributed by atoms with E-state index in [0.29, 0.717) is 13.0 Å². The lowest BCUT2D eigenvalue weighted by Crippen LogP contribution is -2.45. The quantitative estimate of drug-likeness (QED) is 0.396. The zero-order valence-corrected chi connectivity index (χ0v) is 20.9. The second kappa shape index (κ2) is 12.0. The van der Waals surface area contributed by atoms with E-state index in [9.17, 15) is 14.4 Å². The molecule has 0 aromatic heterocycles. The molecule has 0 heterocycles. The van der Waals surface area contributed by atoms with Gasteiger partial charge < -0.3 is 19.8 Å². The van der Waals surface area contributed by atoms with Crippen LogP contribution in [0.4, 0.5) is 0 Å². The highest BCUT2D eigenvalue weighted by Gasteiger charge is 2.37. The summed E-state index contributed by atoms with van der Waals surface area (Å²) in [5, 5.41) is 5.61. The molecule has 0 radical (unpaired) electrons. The molecule has 0 aliphatic rings. The fourth-order valence-corrected chi connectivity index (χ4v) is 3.73. The zero-order valence-electron chi connectivity index (χ0n) is 19.9. The number of amides is 2. The van der Waals surface area contributed by atoms with Crippen molar-refractivity contribution in [3.63, 3.8) is 0 Å². The minimum absolute atomic E-state index is 0.00999. The summed E-state index contributed by atoms with van der Waals surface area (Å²) in [5.41, 5.74) is 0.993. The number of carbonyl (C=O) groups is 3. The lowest BCUT2D eigenvalue weighted by Gasteiger charge is -2.36. The Morgan fingerprint density at radius 2 is 1.55 bits per heavy atom. The maximum absolute atomic E-state index is 12.3. The number of hydrogen-bond donors (Lipinski definition) is 2. The SMILES string of the molecule is COC(=O)[C@@H](CCO[Si](C)(C)C(C)(C)C)NC(=O)CCC(=O)N[C@H](C)c1ccccc1. The molecule has 2 amide bonds. The lowest BCUT2D eigenvalue weighted by atomic mass is 10.1. The van der Waals surface area contributed by atoms with Crippen molar-refractivity contribution in [2.45, 2.75) is 77.2 Å². The Morgan fingerprint density at radius 1 is 1.00 bits per heavy atom. The molecule has 2 N–H and O–H groups in total. The fraction of sp³-hybridized carbons (Fsp3) is 0.609. The van der Waals surface area contributed by atoms with Crippen LogP contribution in [0.25, 0.3) is 0 Å². The first-order valence-corrected chi connectivity index (χ1v) is 13.6. The van der Waals surface area contributed by atoms with Crippen molar-refractivity contribution in [2.75, 3.05) is 13.7 Å². The molecule has 1 aromatic rings. The maximum atomic E-state index is 12.3. The summed E-state index contributed by atoms with van der Waals surface area (Å²) in [4.78, 5) is 36.6. The van der Waals surface area contributed by atoms with Crippen molar-refractivity contribution in [3.8, 4) is 0 Å². The predicted molar refractivity (Wildman–Crippen MR) is 124 cm³/mol. The molecule has 0 unspecified atom stereocenters. The molecule has 8 heteroatoms. The van der Waals surface area contributed by atoms with Crippen LogP contribution in [0.5, 0.6) is 0 Å². The molecule has 0 aliphatic carbocycles. The van der Waals surface area contributed by atoms with E-state index in [0.717, 1.165) is 5.56 Å². The van der Waals surface area contributed by atoms with E-state index in [1.54, 1.807) is 0 Å². The monoisotopic (exact) mass is 450 g/mol. The minimum Gasteiger partial charge on any atom is -0.467 e. The highest BCUT2D eigenvalue weighted by molar-refractivity contribution is 6.74. The molecule has 0 saturated carbocycles. The fourth-order valence-electron chi connectivity index (χ4n) is 2.67. The van der Waals surface area contributed by atoms with Crippen molar-refractivity contribution in [3.05, 3.63) is 35.9 Å². The number of hydrogen-bond acceptors (Lipinski definition) is 5. The largest absolute Gasteiger partial charge is 0.467 e. The van der Waals surface area contributed by atoms with Gasteiger partial charge >= 0.3 is 5.97 Å². The van der Waals surface area contributed by atoms with Crippen molar-refractivity contribution >= 4 is 26.1 Å². The highest BCUT2D eigenvalue weighted by atomic mass is 28.4. The van der Waals surface area contributed by atoms with E-state index in [1.807, 2.05) is 37.3 Å². The van der Waals surface area contributed by atoms with Gasteiger partial charge in [-0.1, -0.05) is 51.1 Å². The van der Waals surface area contributed by atoms with Crippen LogP contribution in [0, 0.1) is 0 Å². The summed E-state index contributed by atoms with van der Waals surface area (Å²) < 4.78 is 10.9. The van der Waals surface area contributed by atoms with Gasteiger partial charge in [0.15, 0.2) is 8.32 Å². The molecule has 0 spiro atoms. The molecule has 0 bridgehead atoms. The van der Waals surface area contributed by atoms with Gasteiger partial charge in [-0.2, -0.15) is 0 Å². The van der Waals surface area contributed by atoms with Gasteiger partial charge in [-0.05, 0) is 30.6 Å². The first-order chi connectivity index (χ1) is 14.4. The average molecular weight is 451 g/mol. The lowest BCUT2D eigenvalue weighted by molar-refractivity contribution is -0.145. The van der Waals surface area contributed by atoms with Crippen molar-refractivity contribution < 1.29 is 23.5 Å². The van der Waals surface area contributed by atoms with Crippen LogP contribution >= 0.6 is 0 Å². The van der Waals surface area contributed by atoms with Crippen LogP contribution in [0.15, 0.2) is 30.3 Å². The van der Waals surface area contributed by atoms with Gasteiger partial charge in [-0.25, -0.2) is 4.79 Å². The molecule has 0 fully saturated rings. The standard InChI is InChI=1S/C23H38N2O5Si/c1-17(18-11-9-8-10-12-18)24-20(26)13-14-21(27)25-19(22(28)29-5)15-16-30-31(6,7)23(2,3)4/h8-12,17,19H,13-16H2,1-7H3,(H,24,26)(H,25,27)/t17-,19-/m1/s1. The number of ether oxygens (including phenoxy) is 1. The number of nitrogens with one attached hydrogen (secondary N) is 2. The van der Waals surface area contributed by atoms with Crippen LogP contribution in [0.1, 0.15) is 58.6 Å². The van der Waals surface area contributed by atoms with E-state index in [2.05, 4.69) is 44.5 Å². The molecule has 0 saturated heterocycles. The summed E-state index contributed by atoms with van der Waals surface area (Å²) in [6.07, 6.45) is 0.351. The van der Waals surface area contributed by atoms with Crippen molar-refractivity contribution in [2.24, 2.45) is 0 Å². The zero-order chi connectivity index (χ0) is 23.7. The maximum Gasteiger partial charge on any atom is 0.328 e. The van der Waals surface area contributed by atoms with Gasteiger partial charge in [0.2, 0.25) is 11.8 Å². The van der Waals surface area contributed by atoms with E-state index >= 15 is 0 Å². The first-order valence-electron chi connectivity index (χ1n) is 10.7. The Kier molecular flexibility index (Phi) is 10.4. The molecular formula is C23H38N2O5Si. The molecule has 0 aliphatic heterocycles. The summed E-state index contributed by atoms with van der Waals surface area (Å²) >= 11 is 0. The first kappa shape index (κ1) is 26.8. The molecule has 7 nitrogen and oxygen atoms in total. The van der Waals surface area contributed by atoms with E-state index in [-0.39, 0.29) is 35.7 Å². The second-order valence-electron chi connectivity index (χ2n) is 9.24. The van der Waals surface area contributed by atoms with E-state index < -0.39 is 20.3 Å².